The van der Waals surface area contributed by atoms with E-state index in [9.17, 15) is 19.2 Å². The molecule has 148 valence electrons. The normalized spacial score (nSPS) is 17.8. The number of hydrogen-bond donors (Lipinski definition) is 0. The van der Waals surface area contributed by atoms with Gasteiger partial charge in [0, 0.05) is 10.7 Å². The smallest absolute Gasteiger partial charge is 0.351 e. The van der Waals surface area contributed by atoms with Crippen LogP contribution >= 0.6 is 23.4 Å². The summed E-state index contributed by atoms with van der Waals surface area (Å²) in [6.07, 6.45) is 0.354. The molecule has 8 heteroatoms. The van der Waals surface area contributed by atoms with Crippen molar-refractivity contribution < 1.29 is 18.7 Å². The van der Waals surface area contributed by atoms with Gasteiger partial charge in [0.05, 0.1) is 11.9 Å². The van der Waals surface area contributed by atoms with Gasteiger partial charge in [-0.1, -0.05) is 35.5 Å². The number of esters is 1. The molecule has 1 aliphatic heterocycles. The zero-order chi connectivity index (χ0) is 21.0. The maximum atomic E-state index is 13.4. The van der Waals surface area contributed by atoms with E-state index in [2.05, 4.69) is 0 Å². The Morgan fingerprint density at radius 3 is 2.66 bits per heavy atom. The van der Waals surface area contributed by atoms with Crippen LogP contribution < -0.4 is 4.90 Å². The van der Waals surface area contributed by atoms with E-state index in [1.807, 2.05) is 12.1 Å². The van der Waals surface area contributed by atoms with Gasteiger partial charge in [-0.2, -0.15) is 5.26 Å². The molecule has 0 radical (unpaired) electrons. The Morgan fingerprint density at radius 1 is 1.31 bits per heavy atom. The molecule has 2 aromatic rings. The fraction of sp³-hybridized carbons (Fsp3) is 0.190. The van der Waals surface area contributed by atoms with E-state index in [-0.39, 0.29) is 23.1 Å². The lowest BCUT2D eigenvalue weighted by Gasteiger charge is -2.18. The summed E-state index contributed by atoms with van der Waals surface area (Å²) in [5.41, 5.74) is 0.950. The molecule has 1 aliphatic rings. The summed E-state index contributed by atoms with van der Waals surface area (Å²) in [7, 11) is 0. The van der Waals surface area contributed by atoms with Crippen molar-refractivity contribution in [2.24, 2.45) is 0 Å². The highest BCUT2D eigenvalue weighted by Crippen LogP contribution is 2.42. The molecule has 29 heavy (non-hydrogen) atoms. The van der Waals surface area contributed by atoms with E-state index in [0.29, 0.717) is 17.1 Å². The molecule has 0 bridgehead atoms. The average Bonchev–Trinajstić information content (AvgIpc) is 2.99. The van der Waals surface area contributed by atoms with E-state index >= 15 is 0 Å². The summed E-state index contributed by atoms with van der Waals surface area (Å²) >= 11 is 7.14. The molecule has 0 aliphatic carbocycles. The lowest BCUT2D eigenvalue weighted by Crippen LogP contribution is -2.30. The van der Waals surface area contributed by atoms with Crippen molar-refractivity contribution in [3.05, 3.63) is 75.5 Å². The van der Waals surface area contributed by atoms with Gasteiger partial charge >= 0.3 is 5.97 Å². The predicted octanol–water partition coefficient (Wildman–Crippen LogP) is 4.47. The molecular formula is C21H16ClFN2O3S. The monoisotopic (exact) mass is 430 g/mol. The van der Waals surface area contributed by atoms with Crippen LogP contribution in [0.25, 0.3) is 0 Å². The highest BCUT2D eigenvalue weighted by atomic mass is 35.5. The van der Waals surface area contributed by atoms with E-state index in [0.717, 1.165) is 17.3 Å². The summed E-state index contributed by atoms with van der Waals surface area (Å²) in [6.45, 7) is 1.72. The van der Waals surface area contributed by atoms with Crippen molar-refractivity contribution in [2.45, 2.75) is 18.6 Å². The van der Waals surface area contributed by atoms with Crippen LogP contribution in [-0.4, -0.2) is 23.7 Å². The lowest BCUT2D eigenvalue weighted by atomic mass is 10.1. The van der Waals surface area contributed by atoms with Gasteiger partial charge in [0.2, 0.25) is 5.91 Å². The van der Waals surface area contributed by atoms with Crippen LogP contribution in [0.3, 0.4) is 0 Å². The minimum absolute atomic E-state index is 0.0956. The molecular weight excluding hydrogens is 415 g/mol. The van der Waals surface area contributed by atoms with Crippen LogP contribution in [0.15, 0.2) is 59.1 Å². The first kappa shape index (κ1) is 20.9. The van der Waals surface area contributed by atoms with Crippen molar-refractivity contribution in [1.82, 2.24) is 0 Å². The number of anilines is 1. The van der Waals surface area contributed by atoms with Crippen LogP contribution in [-0.2, 0) is 20.7 Å². The summed E-state index contributed by atoms with van der Waals surface area (Å²) in [4.78, 5) is 26.7. The number of nitrogens with zero attached hydrogens (tertiary/aromatic N) is 2. The van der Waals surface area contributed by atoms with Gasteiger partial charge in [-0.15, -0.1) is 0 Å². The molecule has 0 spiro atoms. The summed E-state index contributed by atoms with van der Waals surface area (Å²) in [5, 5.41) is 9.70. The second kappa shape index (κ2) is 9.12. The molecule has 1 heterocycles. The first-order valence-corrected chi connectivity index (χ1v) is 10.0. The van der Waals surface area contributed by atoms with Crippen LogP contribution in [0.2, 0.25) is 5.02 Å². The predicted molar refractivity (Wildman–Crippen MR) is 110 cm³/mol. The molecule has 1 fully saturated rings. The fourth-order valence-corrected chi connectivity index (χ4v) is 4.39. The van der Waals surface area contributed by atoms with Gasteiger partial charge in [0.1, 0.15) is 16.9 Å². The molecule has 5 nitrogen and oxygen atoms in total. The average molecular weight is 431 g/mol. The highest BCUT2D eigenvalue weighted by Gasteiger charge is 2.41. The number of carbonyl (C=O) groups is 2. The van der Waals surface area contributed by atoms with Crippen molar-refractivity contribution >= 4 is 40.9 Å². The molecule has 1 saturated heterocycles. The third-order valence-electron chi connectivity index (χ3n) is 4.15. The van der Waals surface area contributed by atoms with Gasteiger partial charge in [-0.05, 0) is 55.3 Å². The number of rotatable bonds is 5. The number of nitriles is 1. The number of carbonyl (C=O) groups excluding carboxylic acids is 2. The van der Waals surface area contributed by atoms with E-state index in [4.69, 9.17) is 16.3 Å². The number of ether oxygens (including phenoxy) is 1. The number of thioether (sulfide) groups is 1. The molecule has 0 unspecified atom stereocenters. The van der Waals surface area contributed by atoms with Gasteiger partial charge in [-0.3, -0.25) is 9.69 Å². The zero-order valence-electron chi connectivity index (χ0n) is 15.4. The standard InChI is InChI=1S/C21H16ClFN2O3S/c1-2-28-21(27)17(12-24)20-25(16-8-6-15(23)7-9-16)19(26)18(29-20)11-13-4-3-5-14(22)10-13/h3-10,18H,2,11H2,1H3/b20-17-/t18-/m0/s1. The van der Waals surface area contributed by atoms with Crippen molar-refractivity contribution in [1.29, 1.82) is 5.26 Å². The molecule has 3 rings (SSSR count). The van der Waals surface area contributed by atoms with E-state index < -0.39 is 17.0 Å². The minimum atomic E-state index is -0.805. The maximum absolute atomic E-state index is 13.4. The Bertz CT molecular complexity index is 1020. The fourth-order valence-electron chi connectivity index (χ4n) is 2.88. The summed E-state index contributed by atoms with van der Waals surface area (Å²) in [5.74, 6) is -1.57. The topological polar surface area (TPSA) is 70.4 Å². The number of hydrogen-bond acceptors (Lipinski definition) is 5. The Balaban J connectivity index is 2.03. The van der Waals surface area contributed by atoms with Gasteiger partial charge in [-0.25, -0.2) is 9.18 Å². The molecule has 1 amide bonds. The Kier molecular flexibility index (Phi) is 6.57. The second-order valence-electron chi connectivity index (χ2n) is 6.10. The Hall–Kier alpha value is -2.82. The van der Waals surface area contributed by atoms with Crippen molar-refractivity contribution in [3.63, 3.8) is 0 Å². The highest BCUT2D eigenvalue weighted by molar-refractivity contribution is 8.05. The minimum Gasteiger partial charge on any atom is -0.462 e. The van der Waals surface area contributed by atoms with E-state index in [1.54, 1.807) is 25.1 Å². The van der Waals surface area contributed by atoms with Crippen molar-refractivity contribution in [2.75, 3.05) is 11.5 Å². The number of benzene rings is 2. The summed E-state index contributed by atoms with van der Waals surface area (Å²) < 4.78 is 18.3. The Morgan fingerprint density at radius 2 is 2.03 bits per heavy atom. The quantitative estimate of drug-likeness (QED) is 0.397. The SMILES string of the molecule is CCOC(=O)/C(C#N)=C1\S[C@@H](Cc2cccc(Cl)c2)C(=O)N1c1ccc(F)cc1. The van der Waals surface area contributed by atoms with Crippen LogP contribution in [0, 0.1) is 17.1 Å². The Labute approximate surface area is 176 Å². The van der Waals surface area contributed by atoms with E-state index in [1.165, 1.54) is 29.2 Å². The third-order valence-corrected chi connectivity index (χ3v) is 5.65. The molecule has 2 aromatic carbocycles. The number of halogens is 2. The van der Waals surface area contributed by atoms with Crippen LogP contribution in [0.5, 0.6) is 0 Å². The van der Waals surface area contributed by atoms with Gasteiger partial charge in [0.15, 0.2) is 5.57 Å². The first-order chi connectivity index (χ1) is 13.9. The zero-order valence-corrected chi connectivity index (χ0v) is 17.0. The second-order valence-corrected chi connectivity index (χ2v) is 7.73. The van der Waals surface area contributed by atoms with Gasteiger partial charge in [0.25, 0.3) is 0 Å². The van der Waals surface area contributed by atoms with Gasteiger partial charge < -0.3 is 4.74 Å². The molecule has 0 aromatic heterocycles. The third kappa shape index (κ3) is 4.61. The largest absolute Gasteiger partial charge is 0.462 e. The number of amides is 1. The van der Waals surface area contributed by atoms with Crippen molar-refractivity contribution in [3.8, 4) is 6.07 Å². The first-order valence-electron chi connectivity index (χ1n) is 8.76. The summed E-state index contributed by atoms with van der Waals surface area (Å²) in [6, 6.07) is 14.3. The van der Waals surface area contributed by atoms with Crippen LogP contribution in [0.1, 0.15) is 12.5 Å². The molecule has 1 atom stereocenters. The molecule has 0 N–H and O–H groups in total. The van der Waals surface area contributed by atoms with Crippen LogP contribution in [0.4, 0.5) is 10.1 Å². The maximum Gasteiger partial charge on any atom is 0.351 e. The lowest BCUT2D eigenvalue weighted by molar-refractivity contribution is -0.138. The molecule has 0 saturated carbocycles.